The molecule has 5 nitrogen and oxygen atoms in total. The summed E-state index contributed by atoms with van der Waals surface area (Å²) in [6.45, 7) is 9.23. The summed E-state index contributed by atoms with van der Waals surface area (Å²) in [4.78, 5) is 4.42. The topological polar surface area (TPSA) is 47.7 Å². The van der Waals surface area contributed by atoms with Crippen molar-refractivity contribution in [3.63, 3.8) is 0 Å². The maximum absolute atomic E-state index is 4.42. The fourth-order valence-corrected chi connectivity index (χ4v) is 2.44. The Hall–Kier alpha value is -1.14. The molecule has 110 valence electrons. The van der Waals surface area contributed by atoms with Gasteiger partial charge in [0.25, 0.3) is 0 Å². The summed E-state index contributed by atoms with van der Waals surface area (Å²) < 4.78 is 5.16. The number of imidazole rings is 1. The quantitative estimate of drug-likeness (QED) is 0.843. The van der Waals surface area contributed by atoms with Crippen molar-refractivity contribution in [1.82, 2.24) is 24.6 Å². The van der Waals surface area contributed by atoms with Gasteiger partial charge in [0.1, 0.15) is 5.82 Å². The highest BCUT2D eigenvalue weighted by Gasteiger charge is 2.08. The first kappa shape index (κ1) is 15.3. The van der Waals surface area contributed by atoms with Crippen molar-refractivity contribution >= 4 is 15.9 Å². The van der Waals surface area contributed by atoms with E-state index >= 15 is 0 Å². The van der Waals surface area contributed by atoms with Crippen LogP contribution in [0.25, 0.3) is 0 Å². The highest BCUT2D eigenvalue weighted by atomic mass is 79.9. The molecule has 1 atom stereocenters. The van der Waals surface area contributed by atoms with Crippen LogP contribution < -0.4 is 5.32 Å². The van der Waals surface area contributed by atoms with E-state index in [1.807, 2.05) is 29.5 Å². The van der Waals surface area contributed by atoms with Gasteiger partial charge in [0.05, 0.1) is 23.8 Å². The smallest absolute Gasteiger partial charge is 0.122 e. The number of nitrogens with one attached hydrogen (secondary N) is 1. The van der Waals surface area contributed by atoms with Gasteiger partial charge in [-0.15, -0.1) is 0 Å². The zero-order valence-electron chi connectivity index (χ0n) is 12.3. The Morgan fingerprint density at radius 3 is 2.75 bits per heavy atom. The first-order valence-corrected chi connectivity index (χ1v) is 7.75. The molecule has 0 spiro atoms. The predicted octanol–water partition coefficient (Wildman–Crippen LogP) is 2.68. The van der Waals surface area contributed by atoms with Gasteiger partial charge in [-0.3, -0.25) is 4.68 Å². The molecular weight excluding hydrogens is 318 g/mol. The maximum atomic E-state index is 4.42. The molecule has 0 saturated carbocycles. The second kappa shape index (κ2) is 7.04. The van der Waals surface area contributed by atoms with Crippen LogP contribution in [0.4, 0.5) is 0 Å². The van der Waals surface area contributed by atoms with E-state index in [9.17, 15) is 0 Å². The third kappa shape index (κ3) is 4.45. The zero-order chi connectivity index (χ0) is 14.5. The molecule has 0 fully saturated rings. The molecule has 0 radical (unpaired) electrons. The monoisotopic (exact) mass is 339 g/mol. The molecule has 2 heterocycles. The lowest BCUT2D eigenvalue weighted by Crippen LogP contribution is -2.31. The van der Waals surface area contributed by atoms with E-state index in [1.165, 1.54) is 0 Å². The van der Waals surface area contributed by atoms with E-state index in [0.29, 0.717) is 12.0 Å². The number of hydrogen-bond donors (Lipinski definition) is 1. The average molecular weight is 340 g/mol. The summed E-state index contributed by atoms with van der Waals surface area (Å²) in [5, 5.41) is 7.76. The zero-order valence-corrected chi connectivity index (χ0v) is 13.8. The Balaban J connectivity index is 1.84. The van der Waals surface area contributed by atoms with Crippen LogP contribution in [0.5, 0.6) is 0 Å². The van der Waals surface area contributed by atoms with Crippen LogP contribution in [0.3, 0.4) is 0 Å². The average Bonchev–Trinajstić information content (AvgIpc) is 2.96. The lowest BCUT2D eigenvalue weighted by atomic mass is 10.2. The van der Waals surface area contributed by atoms with Gasteiger partial charge in [-0.05, 0) is 28.8 Å². The summed E-state index contributed by atoms with van der Waals surface area (Å²) in [6.07, 6.45) is 7.71. The van der Waals surface area contributed by atoms with Crippen molar-refractivity contribution in [2.24, 2.45) is 5.92 Å². The molecular formula is C14H22BrN5. The molecule has 2 rings (SSSR count). The fourth-order valence-electron chi connectivity index (χ4n) is 2.12. The van der Waals surface area contributed by atoms with Crippen molar-refractivity contribution in [1.29, 1.82) is 0 Å². The summed E-state index contributed by atoms with van der Waals surface area (Å²) in [7, 11) is 0. The second-order valence-electron chi connectivity index (χ2n) is 5.55. The standard InChI is InChI=1S/C14H22BrN5/c1-11(2)8-19-5-4-16-14(19)7-17-12(3)9-20-10-13(15)6-18-20/h4-6,10-12,17H,7-9H2,1-3H3/t12-/m1/s1. The van der Waals surface area contributed by atoms with E-state index in [1.54, 1.807) is 0 Å². The minimum Gasteiger partial charge on any atom is -0.334 e. The van der Waals surface area contributed by atoms with Crippen LogP contribution in [0.2, 0.25) is 0 Å². The molecule has 6 heteroatoms. The molecule has 2 aromatic rings. The molecule has 0 bridgehead atoms. The van der Waals surface area contributed by atoms with Gasteiger partial charge in [0.15, 0.2) is 0 Å². The minimum absolute atomic E-state index is 0.339. The van der Waals surface area contributed by atoms with Crippen molar-refractivity contribution in [2.45, 2.75) is 46.4 Å². The Bertz CT molecular complexity index is 531. The molecule has 0 aliphatic carbocycles. The van der Waals surface area contributed by atoms with Crippen LogP contribution in [0.1, 0.15) is 26.6 Å². The molecule has 0 aromatic carbocycles. The lowest BCUT2D eigenvalue weighted by Gasteiger charge is -2.15. The fraction of sp³-hybridized carbons (Fsp3) is 0.571. The van der Waals surface area contributed by atoms with Crippen LogP contribution >= 0.6 is 15.9 Å². The third-order valence-electron chi connectivity index (χ3n) is 3.03. The first-order valence-electron chi connectivity index (χ1n) is 6.96. The summed E-state index contributed by atoms with van der Waals surface area (Å²) in [5.74, 6) is 1.72. The van der Waals surface area contributed by atoms with Crippen molar-refractivity contribution in [2.75, 3.05) is 0 Å². The Labute approximate surface area is 128 Å². The van der Waals surface area contributed by atoms with Gasteiger partial charge in [-0.25, -0.2) is 4.98 Å². The SMILES string of the molecule is CC(C)Cn1ccnc1CN[C@H](C)Cn1cc(Br)cn1. The van der Waals surface area contributed by atoms with Crippen LogP contribution in [-0.4, -0.2) is 25.4 Å². The maximum Gasteiger partial charge on any atom is 0.122 e. The van der Waals surface area contributed by atoms with Gasteiger partial charge < -0.3 is 9.88 Å². The van der Waals surface area contributed by atoms with Gasteiger partial charge in [0.2, 0.25) is 0 Å². The van der Waals surface area contributed by atoms with E-state index in [2.05, 4.69) is 56.7 Å². The first-order chi connectivity index (χ1) is 9.54. The van der Waals surface area contributed by atoms with Crippen LogP contribution in [-0.2, 0) is 19.6 Å². The van der Waals surface area contributed by atoms with Crippen LogP contribution in [0, 0.1) is 5.92 Å². The third-order valence-corrected chi connectivity index (χ3v) is 3.44. The van der Waals surface area contributed by atoms with Crippen molar-refractivity contribution in [3.05, 3.63) is 35.1 Å². The summed E-state index contributed by atoms with van der Waals surface area (Å²) >= 11 is 3.41. The van der Waals surface area contributed by atoms with E-state index in [-0.39, 0.29) is 0 Å². The highest BCUT2D eigenvalue weighted by Crippen LogP contribution is 2.07. The van der Waals surface area contributed by atoms with Gasteiger partial charge in [0, 0.05) is 31.2 Å². The molecule has 0 unspecified atom stereocenters. The molecule has 2 aromatic heterocycles. The summed E-state index contributed by atoms with van der Waals surface area (Å²) in [5.41, 5.74) is 0. The molecule has 1 N–H and O–H groups in total. The molecule has 0 aliphatic rings. The van der Waals surface area contributed by atoms with E-state index < -0.39 is 0 Å². The number of rotatable bonds is 7. The number of nitrogens with zero attached hydrogens (tertiary/aromatic N) is 4. The Kier molecular flexibility index (Phi) is 5.37. The number of halogens is 1. The Morgan fingerprint density at radius 2 is 2.10 bits per heavy atom. The van der Waals surface area contributed by atoms with Gasteiger partial charge >= 0.3 is 0 Å². The minimum atomic E-state index is 0.339. The van der Waals surface area contributed by atoms with Gasteiger partial charge in [-0.1, -0.05) is 13.8 Å². The van der Waals surface area contributed by atoms with Crippen molar-refractivity contribution < 1.29 is 0 Å². The van der Waals surface area contributed by atoms with Gasteiger partial charge in [-0.2, -0.15) is 5.10 Å². The number of hydrogen-bond acceptors (Lipinski definition) is 3. The van der Waals surface area contributed by atoms with Crippen molar-refractivity contribution in [3.8, 4) is 0 Å². The second-order valence-corrected chi connectivity index (χ2v) is 6.47. The van der Waals surface area contributed by atoms with Crippen LogP contribution in [0.15, 0.2) is 29.3 Å². The highest BCUT2D eigenvalue weighted by molar-refractivity contribution is 9.10. The van der Waals surface area contributed by atoms with E-state index in [4.69, 9.17) is 0 Å². The number of aromatic nitrogens is 4. The van der Waals surface area contributed by atoms with E-state index in [0.717, 1.165) is 29.9 Å². The lowest BCUT2D eigenvalue weighted by molar-refractivity contribution is 0.432. The largest absolute Gasteiger partial charge is 0.334 e. The normalized spacial score (nSPS) is 13.1. The molecule has 0 aliphatic heterocycles. The molecule has 20 heavy (non-hydrogen) atoms. The molecule has 0 saturated heterocycles. The molecule has 0 amide bonds. The predicted molar refractivity (Wildman–Crippen MR) is 83.3 cm³/mol. The Morgan fingerprint density at radius 1 is 1.30 bits per heavy atom. The summed E-state index contributed by atoms with van der Waals surface area (Å²) in [6, 6.07) is 0.339.